The van der Waals surface area contributed by atoms with Gasteiger partial charge in [0.05, 0.1) is 0 Å². The van der Waals surface area contributed by atoms with E-state index in [0.29, 0.717) is 0 Å². The number of ether oxygens (including phenoxy) is 7. The van der Waals surface area contributed by atoms with E-state index in [1.807, 2.05) is 158 Å². The van der Waals surface area contributed by atoms with Gasteiger partial charge in [0.1, 0.15) is 31.5 Å². The number of aliphatic hydroxyl groups is 1. The predicted molar refractivity (Wildman–Crippen MR) is 346 cm³/mol. The van der Waals surface area contributed by atoms with Gasteiger partial charge in [-0.25, -0.2) is 38.4 Å². The maximum Gasteiger partial charge on any atom is 0.347 e. The lowest BCUT2D eigenvalue weighted by Crippen LogP contribution is -2.68. The van der Waals surface area contributed by atoms with E-state index in [-0.39, 0.29) is 23.3 Å². The molecule has 1 fully saturated rings. The van der Waals surface area contributed by atoms with Crippen molar-refractivity contribution in [2.45, 2.75) is 169 Å². The van der Waals surface area contributed by atoms with Crippen molar-refractivity contribution >= 4 is 85.1 Å². The highest BCUT2D eigenvalue weighted by Crippen LogP contribution is 2.39. The zero-order valence-corrected chi connectivity index (χ0v) is 56.2. The lowest BCUT2D eigenvalue weighted by Gasteiger charge is -2.44. The van der Waals surface area contributed by atoms with Crippen LogP contribution in [0.4, 0.5) is 0 Å². The summed E-state index contributed by atoms with van der Waals surface area (Å²) in [6.07, 6.45) is -7.84. The summed E-state index contributed by atoms with van der Waals surface area (Å²) in [6.45, 7) is 24.8. The topological polar surface area (TPSA) is 260 Å². The van der Waals surface area contributed by atoms with Crippen molar-refractivity contribution in [1.29, 1.82) is 0 Å². The summed E-state index contributed by atoms with van der Waals surface area (Å²) in [5, 5.41) is 21.6. The minimum absolute atomic E-state index is 0.121. The quantitative estimate of drug-likeness (QED) is 0.0389. The first kappa shape index (κ1) is 74.9. The molecule has 0 radical (unpaired) electrons. The fraction of sp³-hybridized carbons (Fsp3) is 0.371. The smallest absolute Gasteiger partial charge is 0.347 e. The molecule has 6 aromatic rings. The Kier molecular flexibility index (Phi) is 28.9. The summed E-state index contributed by atoms with van der Waals surface area (Å²) in [5.74, 6) is -5.51. The van der Waals surface area contributed by atoms with E-state index in [2.05, 4.69) is 75.3 Å². The van der Waals surface area contributed by atoms with Crippen molar-refractivity contribution in [2.24, 2.45) is 0 Å². The highest BCUT2D eigenvalue weighted by molar-refractivity contribution is 7.00. The van der Waals surface area contributed by atoms with Crippen LogP contribution in [-0.2, 0) is 93.6 Å². The molecule has 0 bridgehead atoms. The summed E-state index contributed by atoms with van der Waals surface area (Å²) < 4.78 is 48.1. The van der Waals surface area contributed by atoms with E-state index in [0.717, 1.165) is 31.9 Å². The van der Waals surface area contributed by atoms with Crippen LogP contribution < -0.4 is 20.7 Å². The van der Waals surface area contributed by atoms with Gasteiger partial charge in [-0.1, -0.05) is 224 Å². The number of cyclic esters (lactones) is 2. The van der Waals surface area contributed by atoms with Crippen LogP contribution in [0, 0.1) is 0 Å². The molecule has 6 aromatic carbocycles. The number of aliphatic hydroxyl groups excluding tert-OH is 1. The number of rotatable bonds is 21. The molecule has 0 aromatic heterocycles. The molecule has 0 spiro atoms. The van der Waals surface area contributed by atoms with Gasteiger partial charge in [0, 0.05) is 0 Å². The molecule has 488 valence electrons. The van der Waals surface area contributed by atoms with Crippen molar-refractivity contribution in [1.82, 2.24) is 0 Å². The van der Waals surface area contributed by atoms with Crippen LogP contribution in [0.2, 0.25) is 10.1 Å². The monoisotopic (exact) mass is 1290 g/mol. The minimum Gasteiger partial charge on any atom is -0.479 e. The summed E-state index contributed by atoms with van der Waals surface area (Å²) in [7, 11) is -5.83. The van der Waals surface area contributed by atoms with Gasteiger partial charge in [-0.3, -0.25) is 0 Å². The first-order valence-corrected chi connectivity index (χ1v) is 33.6. The number of carbonyl (C=O) groups is 8. The van der Waals surface area contributed by atoms with Crippen LogP contribution in [-0.4, -0.2) is 123 Å². The maximum atomic E-state index is 13.1. The average molecular weight is 1290 g/mol. The van der Waals surface area contributed by atoms with Crippen molar-refractivity contribution in [3.8, 4) is 0 Å². The molecule has 0 amide bonds. The van der Waals surface area contributed by atoms with Gasteiger partial charge >= 0.3 is 47.8 Å². The maximum absolute atomic E-state index is 13.1. The Morgan fingerprint density at radius 3 is 0.912 bits per heavy atom. The fourth-order valence-corrected chi connectivity index (χ4v) is 18.6. The van der Waals surface area contributed by atoms with Crippen LogP contribution in [0.3, 0.4) is 0 Å². The summed E-state index contributed by atoms with van der Waals surface area (Å²) in [5.41, 5.74) is 1.71. The van der Waals surface area contributed by atoms with Crippen LogP contribution in [0.1, 0.15) is 108 Å². The molecule has 21 heteroatoms. The number of carbonyl (C=O) groups excluding carboxylic acids is 7. The molecule has 7 rings (SSSR count). The number of carboxylic acids is 1. The fourth-order valence-electron chi connectivity index (χ4n) is 9.30. The summed E-state index contributed by atoms with van der Waals surface area (Å²) in [4.78, 5) is 92.9. The number of esters is 7. The van der Waals surface area contributed by atoms with Crippen LogP contribution >= 0.6 is 0 Å². The molecular formula is C70H86O19Si2. The molecule has 8 atom stereocenters. The van der Waals surface area contributed by atoms with Gasteiger partial charge in [-0.05, 0) is 97.3 Å². The van der Waals surface area contributed by atoms with E-state index in [1.54, 1.807) is 13.8 Å². The lowest BCUT2D eigenvalue weighted by molar-refractivity contribution is -0.191. The number of hydrogen-bond acceptors (Lipinski definition) is 18. The Morgan fingerprint density at radius 2 is 0.659 bits per heavy atom. The zero-order valence-electron chi connectivity index (χ0n) is 54.2. The summed E-state index contributed by atoms with van der Waals surface area (Å²) >= 11 is 0. The van der Waals surface area contributed by atoms with Crippen LogP contribution in [0.5, 0.6) is 0 Å². The molecular weight excluding hydrogens is 1200 g/mol. The Morgan fingerprint density at radius 1 is 0.407 bits per heavy atom. The standard InChI is InChI=1S/C29H34O5Si.C22H28O5Si.C13H16O5.C6H8O4/c1-22(27(30)32-21-24-15-9-6-10-16-24)33-28(31)23(2)34-35(29(3,4)5,25-17-11-7-12-18-25)26-19-13-8-14-20-26;1-16(20(23)24)26-21(25)17(2)27-28(22(3,4)5,18-12-8-6-9-13-18)19-14-10-7-11-15-19;1-9(14)12(15)18-10(2)13(16)17-8-11-6-4-3-5-7-11;1-3-5(7)10-4(2)6(8)9-3/h6-20,22-23H,21H2,1-5H3;6-17H,1-5H3,(H,23,24);3-7,9-10,14H,8H2,1-2H3;3-4H,1-2H3/t22-,23+;16-,17+;9-,10+;3-,4-/m1100/s1. The van der Waals surface area contributed by atoms with E-state index in [9.17, 15) is 38.4 Å². The summed E-state index contributed by atoms with van der Waals surface area (Å²) in [6, 6.07) is 58.5. The second kappa shape index (κ2) is 35.1. The SMILES string of the molecule is C[C@@H]1OC(=O)[C@H](C)OC1=O.C[C@H](O)C(=O)O[C@H](C)C(=O)OCc1ccccc1.C[C@H](O[Si](c1ccccc1)(c1ccccc1)C(C)(C)C)C(=O)O[C@H](C)C(=O)O.C[C@H](O[Si](c1ccccc1)(c1ccccc1)C(C)(C)C)C(=O)O[C@H](C)C(=O)OCc1ccccc1. The molecule has 1 heterocycles. The van der Waals surface area contributed by atoms with Gasteiger partial charge in [0.2, 0.25) is 0 Å². The van der Waals surface area contributed by atoms with Crippen molar-refractivity contribution < 1.29 is 90.6 Å². The van der Waals surface area contributed by atoms with Gasteiger partial charge in [-0.15, -0.1) is 0 Å². The van der Waals surface area contributed by atoms with Crippen molar-refractivity contribution in [3.63, 3.8) is 0 Å². The molecule has 19 nitrogen and oxygen atoms in total. The van der Waals surface area contributed by atoms with Crippen LogP contribution in [0.15, 0.2) is 182 Å². The molecule has 1 aliphatic heterocycles. The van der Waals surface area contributed by atoms with E-state index in [4.69, 9.17) is 42.7 Å². The third-order valence-corrected chi connectivity index (χ3v) is 24.4. The van der Waals surface area contributed by atoms with E-state index < -0.39 is 113 Å². The lowest BCUT2D eigenvalue weighted by atomic mass is 10.2. The largest absolute Gasteiger partial charge is 0.479 e. The number of hydrogen-bond donors (Lipinski definition) is 2. The van der Waals surface area contributed by atoms with Crippen LogP contribution in [0.25, 0.3) is 0 Å². The Labute approximate surface area is 535 Å². The third-order valence-electron chi connectivity index (χ3n) is 14.1. The first-order valence-electron chi connectivity index (χ1n) is 29.8. The highest BCUT2D eigenvalue weighted by atomic mass is 28.4. The average Bonchev–Trinajstić information content (AvgIpc) is 0.760. The Hall–Kier alpha value is -8.61. The zero-order chi connectivity index (χ0) is 67.7. The molecule has 1 saturated heterocycles. The Balaban J connectivity index is 0.000000280. The molecule has 0 saturated carbocycles. The van der Waals surface area contributed by atoms with E-state index in [1.165, 1.54) is 41.5 Å². The molecule has 91 heavy (non-hydrogen) atoms. The molecule has 2 N–H and O–H groups in total. The van der Waals surface area contributed by atoms with Crippen molar-refractivity contribution in [2.75, 3.05) is 0 Å². The minimum atomic E-state index is -2.93. The number of carboxylic acid groups (broad SMARTS) is 1. The molecule has 0 unspecified atom stereocenters. The second-order valence-corrected chi connectivity index (χ2v) is 31.9. The highest BCUT2D eigenvalue weighted by Gasteiger charge is 2.53. The third kappa shape index (κ3) is 21.8. The van der Waals surface area contributed by atoms with Crippen molar-refractivity contribution in [3.05, 3.63) is 193 Å². The molecule has 0 aliphatic carbocycles. The Bertz CT molecular complexity index is 3170. The normalized spacial score (nSPS) is 15.9. The van der Waals surface area contributed by atoms with E-state index >= 15 is 0 Å². The first-order chi connectivity index (χ1) is 42.9. The van der Waals surface area contributed by atoms with Gasteiger partial charge in [-0.2, -0.15) is 0 Å². The predicted octanol–water partition coefficient (Wildman–Crippen LogP) is 8.50. The van der Waals surface area contributed by atoms with Gasteiger partial charge in [0.25, 0.3) is 16.6 Å². The second-order valence-electron chi connectivity index (χ2n) is 23.4. The number of benzene rings is 6. The molecule has 1 aliphatic rings. The number of aliphatic carboxylic acids is 1. The van der Waals surface area contributed by atoms with Gasteiger partial charge < -0.3 is 52.2 Å². The van der Waals surface area contributed by atoms with Gasteiger partial charge in [0.15, 0.2) is 30.5 Å².